The number of ether oxygens (including phenoxy) is 1. The van der Waals surface area contributed by atoms with Gasteiger partial charge in [-0.3, -0.25) is 14.7 Å². The zero-order valence-electron chi connectivity index (χ0n) is 19.0. The van der Waals surface area contributed by atoms with E-state index in [1.165, 1.54) is 12.7 Å². The molecule has 0 unspecified atom stereocenters. The maximum absolute atomic E-state index is 13.8. The molecule has 2 amide bonds. The summed E-state index contributed by atoms with van der Waals surface area (Å²) in [5.41, 5.74) is 5.77. The summed E-state index contributed by atoms with van der Waals surface area (Å²) >= 11 is 0. The molecule has 9 heteroatoms. The summed E-state index contributed by atoms with van der Waals surface area (Å²) in [5.74, 6) is -0.383. The minimum Gasteiger partial charge on any atom is -0.375 e. The van der Waals surface area contributed by atoms with Crippen molar-refractivity contribution in [1.29, 1.82) is 0 Å². The summed E-state index contributed by atoms with van der Waals surface area (Å²) in [6.07, 6.45) is 5.07. The number of anilines is 1. The Balaban J connectivity index is 1.50. The molecular weight excluding hydrogens is 432 g/mol. The SMILES string of the molecule is COCC(=O)Nc1cc(C(=O)N2CCc3[nH]ncc3C2)c2c(c1)ncn2CCc1ccccc1. The summed E-state index contributed by atoms with van der Waals surface area (Å²) in [4.78, 5) is 32.3. The lowest BCUT2D eigenvalue weighted by Gasteiger charge is -2.27. The molecule has 0 aliphatic carbocycles. The molecule has 2 aromatic carbocycles. The molecule has 9 nitrogen and oxygen atoms in total. The Morgan fingerprint density at radius 2 is 2.06 bits per heavy atom. The molecule has 0 fully saturated rings. The summed E-state index contributed by atoms with van der Waals surface area (Å²) in [6, 6.07) is 13.7. The van der Waals surface area contributed by atoms with E-state index in [0.29, 0.717) is 36.4 Å². The molecule has 174 valence electrons. The summed E-state index contributed by atoms with van der Waals surface area (Å²) in [7, 11) is 1.46. The van der Waals surface area contributed by atoms with Crippen LogP contribution < -0.4 is 5.32 Å². The Hall–Kier alpha value is -3.98. The number of carbonyl (C=O) groups is 2. The van der Waals surface area contributed by atoms with Crippen molar-refractivity contribution in [2.45, 2.75) is 25.9 Å². The summed E-state index contributed by atoms with van der Waals surface area (Å²) in [5, 5.41) is 9.92. The Labute approximate surface area is 196 Å². The first-order valence-corrected chi connectivity index (χ1v) is 11.2. The zero-order valence-corrected chi connectivity index (χ0v) is 19.0. The number of rotatable bonds is 7. The number of H-pyrrole nitrogens is 1. The zero-order chi connectivity index (χ0) is 23.5. The van der Waals surface area contributed by atoms with Crippen LogP contribution in [-0.4, -0.2) is 56.7 Å². The first-order chi connectivity index (χ1) is 16.6. The standard InChI is InChI=1S/C25H26N6O3/c1-34-15-23(32)28-19-11-20(25(33)30-10-8-21-18(14-30)13-27-29-21)24-22(12-19)26-16-31(24)9-7-17-5-3-2-4-6-17/h2-6,11-13,16H,7-10,14-15H2,1H3,(H,27,29)(H,28,32). The molecule has 5 rings (SSSR count). The molecule has 0 bridgehead atoms. The number of benzene rings is 2. The van der Waals surface area contributed by atoms with Crippen LogP contribution in [0.3, 0.4) is 0 Å². The smallest absolute Gasteiger partial charge is 0.256 e. The fourth-order valence-corrected chi connectivity index (χ4v) is 4.40. The van der Waals surface area contributed by atoms with Gasteiger partial charge < -0.3 is 19.5 Å². The van der Waals surface area contributed by atoms with Crippen LogP contribution >= 0.6 is 0 Å². The van der Waals surface area contributed by atoms with Crippen LogP contribution in [0.1, 0.15) is 27.2 Å². The number of nitrogens with one attached hydrogen (secondary N) is 2. The molecule has 2 aromatic heterocycles. The second kappa shape index (κ2) is 9.48. The lowest BCUT2D eigenvalue weighted by atomic mass is 10.1. The highest BCUT2D eigenvalue weighted by atomic mass is 16.5. The molecular formula is C25H26N6O3. The lowest BCUT2D eigenvalue weighted by molar-refractivity contribution is -0.119. The first-order valence-electron chi connectivity index (χ1n) is 11.2. The van der Waals surface area contributed by atoms with E-state index in [1.54, 1.807) is 24.7 Å². The molecule has 34 heavy (non-hydrogen) atoms. The van der Waals surface area contributed by atoms with E-state index in [0.717, 1.165) is 29.6 Å². The quantitative estimate of drug-likeness (QED) is 0.443. The number of carbonyl (C=O) groups excluding carboxylic acids is 2. The van der Waals surface area contributed by atoms with Gasteiger partial charge in [0.25, 0.3) is 5.91 Å². The molecule has 0 spiro atoms. The molecule has 0 saturated carbocycles. The van der Waals surface area contributed by atoms with Crippen molar-refractivity contribution in [2.75, 3.05) is 25.6 Å². The number of nitrogens with zero attached hydrogens (tertiary/aromatic N) is 4. The van der Waals surface area contributed by atoms with Crippen LogP contribution in [0.5, 0.6) is 0 Å². The van der Waals surface area contributed by atoms with Gasteiger partial charge >= 0.3 is 0 Å². The van der Waals surface area contributed by atoms with Crippen LogP contribution in [0.4, 0.5) is 5.69 Å². The van der Waals surface area contributed by atoms with Gasteiger partial charge in [-0.05, 0) is 24.1 Å². The molecule has 0 saturated heterocycles. The molecule has 2 N–H and O–H groups in total. The van der Waals surface area contributed by atoms with Gasteiger partial charge in [0.15, 0.2) is 0 Å². The molecule has 4 aromatic rings. The largest absolute Gasteiger partial charge is 0.375 e. The van der Waals surface area contributed by atoms with Crippen molar-refractivity contribution in [3.63, 3.8) is 0 Å². The highest BCUT2D eigenvalue weighted by Crippen LogP contribution is 2.27. The van der Waals surface area contributed by atoms with Crippen molar-refractivity contribution in [3.05, 3.63) is 77.4 Å². The Kier molecular flexibility index (Phi) is 6.09. The third kappa shape index (κ3) is 4.42. The summed E-state index contributed by atoms with van der Waals surface area (Å²) < 4.78 is 6.94. The van der Waals surface area contributed by atoms with Gasteiger partial charge in [-0.15, -0.1) is 0 Å². The van der Waals surface area contributed by atoms with E-state index >= 15 is 0 Å². The van der Waals surface area contributed by atoms with Crippen LogP contribution in [0.25, 0.3) is 11.0 Å². The number of aryl methyl sites for hydroxylation is 2. The van der Waals surface area contributed by atoms with E-state index in [-0.39, 0.29) is 18.4 Å². The summed E-state index contributed by atoms with van der Waals surface area (Å²) in [6.45, 7) is 1.70. The maximum Gasteiger partial charge on any atom is 0.256 e. The van der Waals surface area contributed by atoms with E-state index in [4.69, 9.17) is 4.74 Å². The van der Waals surface area contributed by atoms with Crippen LogP contribution in [0, 0.1) is 0 Å². The van der Waals surface area contributed by atoms with Crippen molar-refractivity contribution >= 4 is 28.5 Å². The van der Waals surface area contributed by atoms with Crippen LogP contribution in [0.2, 0.25) is 0 Å². The van der Waals surface area contributed by atoms with E-state index in [2.05, 4.69) is 32.6 Å². The second-order valence-corrected chi connectivity index (χ2v) is 8.40. The first kappa shape index (κ1) is 21.8. The molecule has 0 atom stereocenters. The van der Waals surface area contributed by atoms with E-state index < -0.39 is 0 Å². The van der Waals surface area contributed by atoms with Gasteiger partial charge in [0.1, 0.15) is 6.61 Å². The van der Waals surface area contributed by atoms with Gasteiger partial charge in [0.2, 0.25) is 5.91 Å². The number of methoxy groups -OCH3 is 1. The number of aromatic nitrogens is 4. The highest BCUT2D eigenvalue weighted by Gasteiger charge is 2.26. The average Bonchev–Trinajstić information content (AvgIpc) is 3.49. The van der Waals surface area contributed by atoms with Gasteiger partial charge in [-0.2, -0.15) is 5.10 Å². The van der Waals surface area contributed by atoms with Crippen molar-refractivity contribution in [3.8, 4) is 0 Å². The van der Waals surface area contributed by atoms with E-state index in [9.17, 15) is 9.59 Å². The van der Waals surface area contributed by atoms with Gasteiger partial charge in [0, 0.05) is 50.1 Å². The number of imidazole rings is 1. The number of amides is 2. The fourth-order valence-electron chi connectivity index (χ4n) is 4.40. The molecule has 0 radical (unpaired) electrons. The fraction of sp³-hybridized carbons (Fsp3) is 0.280. The third-order valence-corrected chi connectivity index (χ3v) is 6.07. The number of hydrogen-bond acceptors (Lipinski definition) is 5. The normalized spacial score (nSPS) is 13.1. The van der Waals surface area contributed by atoms with E-state index in [1.807, 2.05) is 27.7 Å². The second-order valence-electron chi connectivity index (χ2n) is 8.40. The molecule has 1 aliphatic heterocycles. The maximum atomic E-state index is 13.8. The minimum atomic E-state index is -0.287. The van der Waals surface area contributed by atoms with Gasteiger partial charge in [-0.1, -0.05) is 30.3 Å². The number of aromatic amines is 1. The topological polar surface area (TPSA) is 105 Å². The Bertz CT molecular complexity index is 1330. The monoisotopic (exact) mass is 458 g/mol. The van der Waals surface area contributed by atoms with Crippen molar-refractivity contribution in [2.24, 2.45) is 0 Å². The van der Waals surface area contributed by atoms with Crippen molar-refractivity contribution in [1.82, 2.24) is 24.6 Å². The van der Waals surface area contributed by atoms with Crippen molar-refractivity contribution < 1.29 is 14.3 Å². The highest BCUT2D eigenvalue weighted by molar-refractivity contribution is 6.07. The number of hydrogen-bond donors (Lipinski definition) is 2. The lowest BCUT2D eigenvalue weighted by Crippen LogP contribution is -2.36. The molecule has 3 heterocycles. The average molecular weight is 459 g/mol. The van der Waals surface area contributed by atoms with Gasteiger partial charge in [-0.25, -0.2) is 4.98 Å². The van der Waals surface area contributed by atoms with Crippen LogP contribution in [0.15, 0.2) is 55.0 Å². The predicted octanol–water partition coefficient (Wildman–Crippen LogP) is 2.79. The Morgan fingerprint density at radius 3 is 2.88 bits per heavy atom. The predicted molar refractivity (Wildman–Crippen MR) is 127 cm³/mol. The third-order valence-electron chi connectivity index (χ3n) is 6.07. The molecule has 1 aliphatic rings. The van der Waals surface area contributed by atoms with Crippen LogP contribution in [-0.2, 0) is 35.5 Å². The minimum absolute atomic E-state index is 0.0672. The Morgan fingerprint density at radius 1 is 1.21 bits per heavy atom. The van der Waals surface area contributed by atoms with Gasteiger partial charge in [0.05, 0.1) is 29.1 Å². The number of fused-ring (bicyclic) bond motifs is 2.